The summed E-state index contributed by atoms with van der Waals surface area (Å²) in [4.78, 5) is 23.8. The number of benzene rings is 6. The molecule has 0 atom stereocenters. The first-order chi connectivity index (χ1) is 25.2. The molecule has 0 fully saturated rings. The smallest absolute Gasteiger partial charge is 0.416 e. The molecular formula is C46H41F3O4. The van der Waals surface area contributed by atoms with Crippen molar-refractivity contribution in [3.8, 4) is 22.3 Å². The van der Waals surface area contributed by atoms with Crippen molar-refractivity contribution in [3.05, 3.63) is 132 Å². The summed E-state index contributed by atoms with van der Waals surface area (Å²) in [6, 6.07) is 27.6. The molecular weight excluding hydrogens is 673 g/mol. The van der Waals surface area contributed by atoms with Crippen LogP contribution < -0.4 is 0 Å². The topological polar surface area (TPSA) is 52.6 Å². The number of hydrogen-bond acceptors (Lipinski definition) is 4. The Balaban J connectivity index is 1.40. The van der Waals surface area contributed by atoms with Gasteiger partial charge in [-0.1, -0.05) is 101 Å². The summed E-state index contributed by atoms with van der Waals surface area (Å²) >= 11 is 0. The predicted octanol–water partition coefficient (Wildman–Crippen LogP) is 11.9. The van der Waals surface area contributed by atoms with E-state index in [4.69, 9.17) is 9.47 Å². The molecule has 0 radical (unpaired) electrons. The summed E-state index contributed by atoms with van der Waals surface area (Å²) in [6.45, 7) is 13.8. The van der Waals surface area contributed by atoms with Crippen LogP contribution in [-0.4, -0.2) is 25.2 Å². The molecule has 1 aliphatic rings. The molecule has 7 heteroatoms. The van der Waals surface area contributed by atoms with E-state index in [1.807, 2.05) is 12.1 Å². The third-order valence-corrected chi connectivity index (χ3v) is 10.8. The van der Waals surface area contributed by atoms with Crippen molar-refractivity contribution in [2.75, 3.05) is 13.2 Å². The number of carbonyl (C=O) groups is 2. The van der Waals surface area contributed by atoms with Crippen LogP contribution in [0, 0.1) is 0 Å². The fraction of sp³-hybridized carbons (Fsp3) is 0.261. The minimum Gasteiger partial charge on any atom is -0.463 e. The molecule has 7 rings (SSSR count). The van der Waals surface area contributed by atoms with Gasteiger partial charge in [0.25, 0.3) is 0 Å². The lowest BCUT2D eigenvalue weighted by Crippen LogP contribution is -2.27. The van der Waals surface area contributed by atoms with Crippen LogP contribution >= 0.6 is 0 Å². The van der Waals surface area contributed by atoms with E-state index in [2.05, 4.69) is 88.5 Å². The lowest BCUT2D eigenvalue weighted by atomic mass is 9.71. The molecule has 0 bridgehead atoms. The summed E-state index contributed by atoms with van der Waals surface area (Å²) < 4.78 is 53.0. The summed E-state index contributed by atoms with van der Waals surface area (Å²) in [5, 5.41) is 6.98. The predicted molar refractivity (Wildman–Crippen MR) is 206 cm³/mol. The van der Waals surface area contributed by atoms with E-state index in [0.717, 1.165) is 56.8 Å². The highest BCUT2D eigenvalue weighted by atomic mass is 19.4. The second-order valence-electron chi connectivity index (χ2n) is 15.0. The van der Waals surface area contributed by atoms with E-state index in [1.54, 1.807) is 6.07 Å². The molecule has 0 amide bonds. The average Bonchev–Trinajstić information content (AvgIpc) is 3.41. The number of rotatable bonds is 11. The molecule has 0 N–H and O–H groups in total. The molecule has 1 aliphatic carbocycles. The van der Waals surface area contributed by atoms with Gasteiger partial charge < -0.3 is 9.47 Å². The number of hydrogen-bond donors (Lipinski definition) is 0. The Hall–Kier alpha value is -5.43. The van der Waals surface area contributed by atoms with Crippen LogP contribution in [-0.2, 0) is 36.1 Å². The van der Waals surface area contributed by atoms with Gasteiger partial charge in [-0.25, -0.2) is 9.59 Å². The first kappa shape index (κ1) is 36.0. The molecule has 0 unspecified atom stereocenters. The molecule has 6 aromatic carbocycles. The van der Waals surface area contributed by atoms with Crippen LogP contribution in [0.25, 0.3) is 54.6 Å². The van der Waals surface area contributed by atoms with Crippen LogP contribution in [0.1, 0.15) is 68.7 Å². The number of fused-ring (bicyclic) bond motifs is 3. The Morgan fingerprint density at radius 1 is 0.642 bits per heavy atom. The highest BCUT2D eigenvalue weighted by Crippen LogP contribution is 2.56. The number of ether oxygens (including phenoxy) is 2. The second kappa shape index (κ2) is 13.5. The van der Waals surface area contributed by atoms with Gasteiger partial charge in [0.05, 0.1) is 18.8 Å². The van der Waals surface area contributed by atoms with E-state index in [0.29, 0.717) is 31.2 Å². The Morgan fingerprint density at radius 3 is 1.83 bits per heavy atom. The van der Waals surface area contributed by atoms with Crippen molar-refractivity contribution < 1.29 is 32.2 Å². The molecule has 0 saturated heterocycles. The van der Waals surface area contributed by atoms with Crippen molar-refractivity contribution in [1.29, 1.82) is 0 Å². The molecule has 270 valence electrons. The summed E-state index contributed by atoms with van der Waals surface area (Å²) in [5.41, 5.74) is 4.68. The molecule has 0 spiro atoms. The van der Waals surface area contributed by atoms with Crippen LogP contribution in [0.5, 0.6) is 0 Å². The SMILES string of the molecule is C=CC(=O)OCCCC1(CCCOC(=O)C=C)c2ccc(C(F)(F)F)cc2-c2ccc(-c3ccc4ccc5cc(C(C)(C)C)cc6ccc3c4c56)cc21. The fourth-order valence-electron chi connectivity index (χ4n) is 8.23. The second-order valence-corrected chi connectivity index (χ2v) is 15.0. The van der Waals surface area contributed by atoms with Crippen LogP contribution in [0.15, 0.2) is 110 Å². The molecule has 0 heterocycles. The van der Waals surface area contributed by atoms with Crippen molar-refractivity contribution in [1.82, 2.24) is 0 Å². The summed E-state index contributed by atoms with van der Waals surface area (Å²) in [7, 11) is 0. The Labute approximate surface area is 307 Å². The maximum atomic E-state index is 14.1. The Kier molecular flexibility index (Phi) is 9.17. The zero-order valence-corrected chi connectivity index (χ0v) is 30.2. The average molecular weight is 715 g/mol. The molecule has 4 nitrogen and oxygen atoms in total. The zero-order valence-electron chi connectivity index (χ0n) is 30.2. The lowest BCUT2D eigenvalue weighted by molar-refractivity contribution is -0.138. The standard InChI is InChI=1S/C46H41F3O4/c1-6-40(50)52-22-8-20-45(21-9-23-53-41(51)7-2)38-19-15-32(46(47,48)49)27-37(38)35-17-13-29(26-39(35)45)34-16-12-28-10-11-30-24-33(44(3,4)5)25-31-14-18-36(34)43(28)42(30)31/h6-7,10-19,24-27H,1-2,8-9,20-23H2,3-5H3. The van der Waals surface area contributed by atoms with E-state index < -0.39 is 29.1 Å². The number of carbonyl (C=O) groups excluding carboxylic acids is 2. The van der Waals surface area contributed by atoms with Crippen molar-refractivity contribution in [3.63, 3.8) is 0 Å². The zero-order chi connectivity index (χ0) is 37.7. The first-order valence-corrected chi connectivity index (χ1v) is 17.9. The summed E-state index contributed by atoms with van der Waals surface area (Å²) in [5.74, 6) is -1.08. The van der Waals surface area contributed by atoms with Gasteiger partial charge in [0.1, 0.15) is 0 Å². The Morgan fingerprint density at radius 2 is 1.23 bits per heavy atom. The fourth-order valence-corrected chi connectivity index (χ4v) is 8.23. The molecule has 0 saturated carbocycles. The van der Waals surface area contributed by atoms with Gasteiger partial charge in [-0.3, -0.25) is 0 Å². The maximum absolute atomic E-state index is 14.1. The highest BCUT2D eigenvalue weighted by Gasteiger charge is 2.44. The van der Waals surface area contributed by atoms with Gasteiger partial charge in [-0.15, -0.1) is 0 Å². The third kappa shape index (κ3) is 6.47. The minimum atomic E-state index is -4.52. The monoisotopic (exact) mass is 714 g/mol. The first-order valence-electron chi connectivity index (χ1n) is 17.9. The van der Waals surface area contributed by atoms with Crippen molar-refractivity contribution in [2.24, 2.45) is 0 Å². The molecule has 53 heavy (non-hydrogen) atoms. The van der Waals surface area contributed by atoms with Crippen molar-refractivity contribution in [2.45, 2.75) is 63.5 Å². The normalized spacial score (nSPS) is 13.6. The quantitative estimate of drug-likeness (QED) is 0.0580. The third-order valence-electron chi connectivity index (χ3n) is 10.8. The molecule has 6 aromatic rings. The lowest BCUT2D eigenvalue weighted by Gasteiger charge is -2.33. The van der Waals surface area contributed by atoms with Gasteiger partial charge in [0, 0.05) is 17.6 Å². The van der Waals surface area contributed by atoms with E-state index in [9.17, 15) is 22.8 Å². The van der Waals surface area contributed by atoms with E-state index >= 15 is 0 Å². The Bertz CT molecular complexity index is 2370. The maximum Gasteiger partial charge on any atom is 0.416 e. The number of alkyl halides is 3. The van der Waals surface area contributed by atoms with Gasteiger partial charge in [0.15, 0.2) is 0 Å². The van der Waals surface area contributed by atoms with Gasteiger partial charge in [0.2, 0.25) is 0 Å². The largest absolute Gasteiger partial charge is 0.463 e. The number of halogens is 3. The van der Waals surface area contributed by atoms with E-state index in [1.165, 1.54) is 33.2 Å². The van der Waals surface area contributed by atoms with Crippen LogP contribution in [0.2, 0.25) is 0 Å². The van der Waals surface area contributed by atoms with Gasteiger partial charge >= 0.3 is 18.1 Å². The minimum absolute atomic E-state index is 0.00835. The van der Waals surface area contributed by atoms with Gasteiger partial charge in [-0.05, 0) is 121 Å². The van der Waals surface area contributed by atoms with E-state index in [-0.39, 0.29) is 18.6 Å². The summed E-state index contributed by atoms with van der Waals surface area (Å²) in [6.07, 6.45) is -0.444. The van der Waals surface area contributed by atoms with Crippen LogP contribution in [0.4, 0.5) is 13.2 Å². The highest BCUT2D eigenvalue weighted by molar-refractivity contribution is 6.25. The van der Waals surface area contributed by atoms with Crippen LogP contribution in [0.3, 0.4) is 0 Å². The number of esters is 2. The molecule has 0 aliphatic heterocycles. The molecule has 0 aromatic heterocycles. The van der Waals surface area contributed by atoms with Gasteiger partial charge in [-0.2, -0.15) is 13.2 Å². The van der Waals surface area contributed by atoms with Crippen molar-refractivity contribution >= 4 is 44.3 Å².